The molecule has 0 amide bonds. The van der Waals surface area contributed by atoms with Crippen LogP contribution >= 0.6 is 0 Å². The summed E-state index contributed by atoms with van der Waals surface area (Å²) in [4.78, 5) is 0. The lowest BCUT2D eigenvalue weighted by molar-refractivity contribution is -0.104. The minimum atomic E-state index is -2.93. The van der Waals surface area contributed by atoms with Crippen molar-refractivity contribution in [2.75, 3.05) is 0 Å². The fourth-order valence-corrected chi connectivity index (χ4v) is 1.22. The van der Waals surface area contributed by atoms with Crippen molar-refractivity contribution in [2.24, 2.45) is 5.41 Å². The highest BCUT2D eigenvalue weighted by molar-refractivity contribution is 5.35. The summed E-state index contributed by atoms with van der Waals surface area (Å²) >= 11 is 0. The first kappa shape index (κ1) is 11.6. The predicted octanol–water partition coefficient (Wildman–Crippen LogP) is 3.70. The van der Waals surface area contributed by atoms with E-state index in [0.29, 0.717) is 0 Å². The molecule has 0 aliphatic heterocycles. The second-order valence-electron chi connectivity index (χ2n) is 4.52. The van der Waals surface area contributed by atoms with Crippen LogP contribution in [-0.4, -0.2) is 0 Å². The molecule has 0 fully saturated rings. The molecule has 3 heteroatoms. The van der Waals surface area contributed by atoms with Crippen molar-refractivity contribution in [3.8, 4) is 6.07 Å². The van der Waals surface area contributed by atoms with E-state index in [9.17, 15) is 8.78 Å². The standard InChI is InChI=1S/C12H13F2N/c1-11(2,3)12(13,14)10-6-4-5-9(7-10)8-15/h4-7H,1-3H3. The maximum Gasteiger partial charge on any atom is 0.277 e. The summed E-state index contributed by atoms with van der Waals surface area (Å²) in [5, 5.41) is 8.64. The smallest absolute Gasteiger partial charge is 0.201 e. The molecule has 1 aromatic rings. The van der Waals surface area contributed by atoms with Crippen molar-refractivity contribution in [1.29, 1.82) is 5.26 Å². The Morgan fingerprint density at radius 1 is 1.20 bits per heavy atom. The first-order valence-corrected chi connectivity index (χ1v) is 4.67. The van der Waals surface area contributed by atoms with Gasteiger partial charge in [-0.15, -0.1) is 0 Å². The number of rotatable bonds is 1. The minimum Gasteiger partial charge on any atom is -0.201 e. The molecule has 0 saturated carbocycles. The van der Waals surface area contributed by atoms with Crippen LogP contribution in [-0.2, 0) is 5.92 Å². The lowest BCUT2D eigenvalue weighted by Gasteiger charge is -2.30. The second-order valence-corrected chi connectivity index (χ2v) is 4.52. The Kier molecular flexibility index (Phi) is 2.81. The van der Waals surface area contributed by atoms with Gasteiger partial charge >= 0.3 is 0 Å². The maximum atomic E-state index is 13.9. The van der Waals surface area contributed by atoms with E-state index in [4.69, 9.17) is 5.26 Å². The quantitative estimate of drug-likeness (QED) is 0.691. The monoisotopic (exact) mass is 209 g/mol. The Balaban J connectivity index is 3.23. The molecule has 1 aromatic carbocycles. The van der Waals surface area contributed by atoms with Gasteiger partial charge in [-0.25, -0.2) is 8.78 Å². The zero-order valence-corrected chi connectivity index (χ0v) is 9.01. The zero-order valence-electron chi connectivity index (χ0n) is 9.01. The minimum absolute atomic E-state index is 0.103. The van der Waals surface area contributed by atoms with E-state index in [1.165, 1.54) is 45.0 Å². The Morgan fingerprint density at radius 3 is 2.27 bits per heavy atom. The highest BCUT2D eigenvalue weighted by Gasteiger charge is 2.44. The molecule has 15 heavy (non-hydrogen) atoms. The van der Waals surface area contributed by atoms with Crippen LogP contribution in [0.3, 0.4) is 0 Å². The first-order valence-electron chi connectivity index (χ1n) is 4.67. The van der Waals surface area contributed by atoms with Gasteiger partial charge in [-0.1, -0.05) is 32.9 Å². The van der Waals surface area contributed by atoms with Crippen LogP contribution in [0.25, 0.3) is 0 Å². The molecule has 0 bridgehead atoms. The van der Waals surface area contributed by atoms with Crippen LogP contribution < -0.4 is 0 Å². The molecule has 0 atom stereocenters. The molecule has 0 N–H and O–H groups in total. The van der Waals surface area contributed by atoms with Gasteiger partial charge in [-0.3, -0.25) is 0 Å². The Bertz CT molecular complexity index is 397. The van der Waals surface area contributed by atoms with Crippen molar-refractivity contribution in [3.05, 3.63) is 35.4 Å². The molecule has 0 saturated heterocycles. The van der Waals surface area contributed by atoms with E-state index in [2.05, 4.69) is 0 Å². The Hall–Kier alpha value is -1.43. The van der Waals surface area contributed by atoms with Crippen molar-refractivity contribution in [2.45, 2.75) is 26.7 Å². The summed E-state index contributed by atoms with van der Waals surface area (Å²) in [5.41, 5.74) is -0.994. The van der Waals surface area contributed by atoms with Crippen LogP contribution in [0, 0.1) is 16.7 Å². The molecule has 1 nitrogen and oxygen atoms in total. The normalized spacial score (nSPS) is 12.3. The average Bonchev–Trinajstić information content (AvgIpc) is 2.16. The summed E-state index contributed by atoms with van der Waals surface area (Å²) in [6.45, 7) is 4.43. The van der Waals surface area contributed by atoms with Crippen LogP contribution in [0.1, 0.15) is 31.9 Å². The van der Waals surface area contributed by atoms with E-state index in [1.54, 1.807) is 0 Å². The van der Waals surface area contributed by atoms with Crippen LogP contribution in [0.15, 0.2) is 24.3 Å². The third-order valence-electron chi connectivity index (χ3n) is 2.30. The van der Waals surface area contributed by atoms with E-state index >= 15 is 0 Å². The fourth-order valence-electron chi connectivity index (χ4n) is 1.22. The summed E-state index contributed by atoms with van der Waals surface area (Å²) in [7, 11) is 0. The number of hydrogen-bond acceptors (Lipinski definition) is 1. The van der Waals surface area contributed by atoms with Crippen LogP contribution in [0.2, 0.25) is 0 Å². The highest BCUT2D eigenvalue weighted by atomic mass is 19.3. The topological polar surface area (TPSA) is 23.8 Å². The highest BCUT2D eigenvalue weighted by Crippen LogP contribution is 2.44. The van der Waals surface area contributed by atoms with Gasteiger partial charge in [0.15, 0.2) is 0 Å². The summed E-state index contributed by atoms with van der Waals surface area (Å²) in [6.07, 6.45) is 0. The molecule has 0 unspecified atom stereocenters. The third-order valence-corrected chi connectivity index (χ3v) is 2.30. The molecule has 1 rings (SSSR count). The van der Waals surface area contributed by atoms with Gasteiger partial charge in [-0.2, -0.15) is 5.26 Å². The van der Waals surface area contributed by atoms with Crippen molar-refractivity contribution in [1.82, 2.24) is 0 Å². The van der Waals surface area contributed by atoms with Gasteiger partial charge in [0.25, 0.3) is 5.92 Å². The van der Waals surface area contributed by atoms with Gasteiger partial charge in [0.2, 0.25) is 0 Å². The average molecular weight is 209 g/mol. The molecule has 80 valence electrons. The van der Waals surface area contributed by atoms with E-state index in [-0.39, 0.29) is 11.1 Å². The molecule has 0 aliphatic carbocycles. The number of hydrogen-bond donors (Lipinski definition) is 0. The third kappa shape index (κ3) is 2.15. The second kappa shape index (κ2) is 3.62. The maximum absolute atomic E-state index is 13.9. The molecular formula is C12H13F2N. The number of benzene rings is 1. The SMILES string of the molecule is CC(C)(C)C(F)(F)c1cccc(C#N)c1. The fraction of sp³-hybridized carbons (Fsp3) is 0.417. The molecule has 0 heterocycles. The zero-order chi connectivity index (χ0) is 11.7. The Morgan fingerprint density at radius 2 is 1.80 bits per heavy atom. The lowest BCUT2D eigenvalue weighted by Crippen LogP contribution is -2.31. The van der Waals surface area contributed by atoms with E-state index in [0.717, 1.165) is 0 Å². The van der Waals surface area contributed by atoms with Gasteiger partial charge in [0, 0.05) is 11.0 Å². The lowest BCUT2D eigenvalue weighted by atomic mass is 9.83. The van der Waals surface area contributed by atoms with Gasteiger partial charge in [-0.05, 0) is 12.1 Å². The largest absolute Gasteiger partial charge is 0.277 e. The van der Waals surface area contributed by atoms with Crippen molar-refractivity contribution in [3.63, 3.8) is 0 Å². The molecule has 0 radical (unpaired) electrons. The molecule has 0 aliphatic rings. The van der Waals surface area contributed by atoms with Gasteiger partial charge in [0.1, 0.15) is 0 Å². The first-order chi connectivity index (χ1) is 6.79. The summed E-state index contributed by atoms with van der Waals surface area (Å²) in [5.74, 6) is -2.93. The van der Waals surface area contributed by atoms with Gasteiger partial charge < -0.3 is 0 Å². The van der Waals surface area contributed by atoms with Crippen LogP contribution in [0.5, 0.6) is 0 Å². The summed E-state index contributed by atoms with van der Waals surface area (Å²) in [6, 6.07) is 7.45. The van der Waals surface area contributed by atoms with E-state index in [1.807, 2.05) is 6.07 Å². The number of nitriles is 1. The van der Waals surface area contributed by atoms with Crippen molar-refractivity contribution >= 4 is 0 Å². The molecule has 0 spiro atoms. The predicted molar refractivity (Wildman–Crippen MR) is 54.5 cm³/mol. The van der Waals surface area contributed by atoms with Gasteiger partial charge in [0.05, 0.1) is 11.6 Å². The van der Waals surface area contributed by atoms with Crippen molar-refractivity contribution < 1.29 is 8.78 Å². The van der Waals surface area contributed by atoms with E-state index < -0.39 is 11.3 Å². The summed E-state index contributed by atoms with van der Waals surface area (Å²) < 4.78 is 27.7. The number of halogens is 2. The van der Waals surface area contributed by atoms with Crippen LogP contribution in [0.4, 0.5) is 8.78 Å². The Labute approximate surface area is 88.3 Å². The molecular weight excluding hydrogens is 196 g/mol. The molecule has 0 aromatic heterocycles. The number of alkyl halides is 2. The number of nitrogens with zero attached hydrogens (tertiary/aromatic N) is 1.